The molecule has 0 aliphatic carbocycles. The average molecular weight is 418 g/mol. The van der Waals surface area contributed by atoms with Gasteiger partial charge in [-0.2, -0.15) is 0 Å². The summed E-state index contributed by atoms with van der Waals surface area (Å²) in [6.07, 6.45) is 3.18. The zero-order valence-electron chi connectivity index (χ0n) is 18.1. The molecule has 0 radical (unpaired) electrons. The number of fused-ring (bicyclic) bond motifs is 1. The Morgan fingerprint density at radius 3 is 2.50 bits per heavy atom. The van der Waals surface area contributed by atoms with Crippen molar-refractivity contribution in [3.8, 4) is 0 Å². The third kappa shape index (κ3) is 7.35. The van der Waals surface area contributed by atoms with Crippen LogP contribution in [0, 0.1) is 0 Å². The Morgan fingerprint density at radius 1 is 1.03 bits per heavy atom. The minimum Gasteiger partial charge on any atom is -0.469 e. The van der Waals surface area contributed by atoms with E-state index in [0.717, 1.165) is 41.4 Å². The molecule has 0 fully saturated rings. The first-order chi connectivity index (χ1) is 14.5. The van der Waals surface area contributed by atoms with Crippen molar-refractivity contribution >= 4 is 16.9 Å². The van der Waals surface area contributed by atoms with Crippen molar-refractivity contribution in [3.63, 3.8) is 0 Å². The highest BCUT2D eigenvalue weighted by molar-refractivity contribution is 5.79. The van der Waals surface area contributed by atoms with Gasteiger partial charge in [-0.1, -0.05) is 44.4 Å². The highest BCUT2D eigenvalue weighted by Crippen LogP contribution is 2.27. The molecule has 0 amide bonds. The lowest BCUT2D eigenvalue weighted by molar-refractivity contribution is -0.140. The maximum atomic E-state index is 11.2. The molecule has 0 saturated carbocycles. The van der Waals surface area contributed by atoms with Gasteiger partial charge in [-0.05, 0) is 44.2 Å². The number of unbranched alkanes of at least 4 members (excludes halogenated alkanes) is 2. The minimum absolute atomic E-state index is 0.223. The molecule has 0 bridgehead atoms. The minimum atomic E-state index is -0.916. The van der Waals surface area contributed by atoms with Crippen LogP contribution < -0.4 is 0 Å². The summed E-state index contributed by atoms with van der Waals surface area (Å²) in [4.78, 5) is 15.9. The van der Waals surface area contributed by atoms with Crippen LogP contribution in [-0.2, 0) is 16.0 Å². The van der Waals surface area contributed by atoms with E-state index in [1.807, 2.05) is 30.3 Å². The topological polar surface area (TPSA) is 99.9 Å². The number of esters is 1. The van der Waals surface area contributed by atoms with E-state index < -0.39 is 18.3 Å². The fourth-order valence-electron chi connectivity index (χ4n) is 3.63. The quantitative estimate of drug-likeness (QED) is 0.338. The van der Waals surface area contributed by atoms with Gasteiger partial charge in [0.1, 0.15) is 0 Å². The van der Waals surface area contributed by atoms with Crippen molar-refractivity contribution < 1.29 is 24.9 Å². The summed E-state index contributed by atoms with van der Waals surface area (Å²) >= 11 is 0. The second-order valence-electron chi connectivity index (χ2n) is 7.87. The van der Waals surface area contributed by atoms with Gasteiger partial charge < -0.3 is 20.1 Å². The second kappa shape index (κ2) is 12.6. The summed E-state index contributed by atoms with van der Waals surface area (Å²) in [5.74, 6) is -0.321. The van der Waals surface area contributed by atoms with Crippen molar-refractivity contribution in [3.05, 3.63) is 41.6 Å². The third-order valence-corrected chi connectivity index (χ3v) is 5.51. The zero-order valence-corrected chi connectivity index (χ0v) is 18.1. The highest BCUT2D eigenvalue weighted by atomic mass is 16.5. The number of aliphatic hydroxyl groups excluding tert-OH is 3. The molecule has 30 heavy (non-hydrogen) atoms. The van der Waals surface area contributed by atoms with Gasteiger partial charge in [-0.15, -0.1) is 0 Å². The number of hydrogen-bond acceptors (Lipinski definition) is 6. The molecule has 0 unspecified atom stereocenters. The molecule has 0 spiro atoms. The predicted octanol–water partition coefficient (Wildman–Crippen LogP) is 3.85. The van der Waals surface area contributed by atoms with Gasteiger partial charge >= 0.3 is 5.97 Å². The SMILES string of the molecule is CCCCC[C@H](O)c1cc2ccccc2nc1CC[C@@H](O)[C@@H](O)CCCC(=O)OC. The van der Waals surface area contributed by atoms with Crippen LogP contribution in [0.3, 0.4) is 0 Å². The standard InChI is InChI=1S/C24H35NO5/c1-3-4-5-11-21(26)18-16-17-9-6-7-10-19(17)25-20(18)14-15-23(28)22(27)12-8-13-24(29)30-2/h6-7,9-10,16,21-23,26-28H,3-5,8,11-15H2,1-2H3/t21-,22-,23+/m0/s1. The number of carbonyl (C=O) groups excluding carboxylic acids is 1. The highest BCUT2D eigenvalue weighted by Gasteiger charge is 2.20. The second-order valence-corrected chi connectivity index (χ2v) is 7.87. The predicted molar refractivity (Wildman–Crippen MR) is 117 cm³/mol. The van der Waals surface area contributed by atoms with Crippen LogP contribution in [0.15, 0.2) is 30.3 Å². The number of aryl methyl sites for hydroxylation is 1. The van der Waals surface area contributed by atoms with Crippen molar-refractivity contribution in [1.29, 1.82) is 0 Å². The first kappa shape index (κ1) is 24.3. The smallest absolute Gasteiger partial charge is 0.305 e. The Morgan fingerprint density at radius 2 is 1.77 bits per heavy atom. The Kier molecular flexibility index (Phi) is 10.2. The van der Waals surface area contributed by atoms with Gasteiger partial charge in [0.15, 0.2) is 0 Å². The number of aliphatic hydroxyl groups is 3. The van der Waals surface area contributed by atoms with Crippen molar-refractivity contribution in [2.45, 2.75) is 83.0 Å². The van der Waals surface area contributed by atoms with E-state index in [1.54, 1.807) is 0 Å². The number of carbonyl (C=O) groups is 1. The molecular weight excluding hydrogens is 382 g/mol. The van der Waals surface area contributed by atoms with Crippen LogP contribution >= 0.6 is 0 Å². The van der Waals surface area contributed by atoms with Gasteiger partial charge in [-0.3, -0.25) is 9.78 Å². The van der Waals surface area contributed by atoms with Gasteiger partial charge in [0, 0.05) is 23.1 Å². The lowest BCUT2D eigenvalue weighted by Gasteiger charge is -2.20. The van der Waals surface area contributed by atoms with Gasteiger partial charge in [0.2, 0.25) is 0 Å². The first-order valence-corrected chi connectivity index (χ1v) is 11.0. The van der Waals surface area contributed by atoms with E-state index in [2.05, 4.69) is 11.7 Å². The lowest BCUT2D eigenvalue weighted by Crippen LogP contribution is -2.27. The molecule has 6 nitrogen and oxygen atoms in total. The average Bonchev–Trinajstić information content (AvgIpc) is 2.76. The summed E-state index contributed by atoms with van der Waals surface area (Å²) in [5.41, 5.74) is 2.42. The number of aromatic nitrogens is 1. The molecule has 6 heteroatoms. The fraction of sp³-hybridized carbons (Fsp3) is 0.583. The van der Waals surface area contributed by atoms with E-state index in [1.165, 1.54) is 7.11 Å². The molecule has 0 aliphatic rings. The Balaban J connectivity index is 2.05. The molecule has 0 saturated heterocycles. The lowest BCUT2D eigenvalue weighted by atomic mass is 9.95. The maximum absolute atomic E-state index is 11.2. The number of rotatable bonds is 13. The van der Waals surface area contributed by atoms with Crippen molar-refractivity contribution in [1.82, 2.24) is 4.98 Å². The maximum Gasteiger partial charge on any atom is 0.305 e. The molecule has 3 atom stereocenters. The summed E-state index contributed by atoms with van der Waals surface area (Å²) in [6, 6.07) is 9.79. The summed E-state index contributed by atoms with van der Waals surface area (Å²) in [6.45, 7) is 2.13. The Labute approximate surface area is 178 Å². The number of ether oxygens (including phenoxy) is 1. The van der Waals surface area contributed by atoms with Crippen molar-refractivity contribution in [2.24, 2.45) is 0 Å². The van der Waals surface area contributed by atoms with E-state index in [9.17, 15) is 20.1 Å². The number of nitrogens with zero attached hydrogens (tertiary/aromatic N) is 1. The molecule has 1 aromatic heterocycles. The van der Waals surface area contributed by atoms with Crippen LogP contribution in [0.2, 0.25) is 0 Å². The van der Waals surface area contributed by atoms with Crippen LogP contribution in [0.4, 0.5) is 0 Å². The Hall–Kier alpha value is -2.02. The van der Waals surface area contributed by atoms with Gasteiger partial charge in [0.05, 0.1) is 30.9 Å². The molecule has 1 aromatic carbocycles. The molecular formula is C24H35NO5. The van der Waals surface area contributed by atoms with E-state index >= 15 is 0 Å². The first-order valence-electron chi connectivity index (χ1n) is 11.0. The van der Waals surface area contributed by atoms with E-state index in [-0.39, 0.29) is 12.4 Å². The van der Waals surface area contributed by atoms with Gasteiger partial charge in [0.25, 0.3) is 0 Å². The summed E-state index contributed by atoms with van der Waals surface area (Å²) < 4.78 is 4.59. The van der Waals surface area contributed by atoms with Crippen molar-refractivity contribution in [2.75, 3.05) is 7.11 Å². The fourth-order valence-corrected chi connectivity index (χ4v) is 3.63. The summed E-state index contributed by atoms with van der Waals surface area (Å²) in [5, 5.41) is 32.3. The van der Waals surface area contributed by atoms with E-state index in [4.69, 9.17) is 4.98 Å². The Bertz CT molecular complexity index is 794. The number of methoxy groups -OCH3 is 1. The van der Waals surface area contributed by atoms with Crippen LogP contribution in [-0.4, -0.2) is 45.6 Å². The number of para-hydroxylation sites is 1. The monoisotopic (exact) mass is 417 g/mol. The normalized spacial score (nSPS) is 14.4. The summed E-state index contributed by atoms with van der Waals surface area (Å²) in [7, 11) is 1.33. The van der Waals surface area contributed by atoms with Crippen LogP contribution in [0.25, 0.3) is 10.9 Å². The number of benzene rings is 1. The van der Waals surface area contributed by atoms with Crippen LogP contribution in [0.5, 0.6) is 0 Å². The molecule has 3 N–H and O–H groups in total. The molecule has 2 rings (SSSR count). The number of hydrogen-bond donors (Lipinski definition) is 3. The largest absolute Gasteiger partial charge is 0.469 e. The molecule has 2 aromatic rings. The number of pyridine rings is 1. The molecule has 166 valence electrons. The molecule has 0 aliphatic heterocycles. The van der Waals surface area contributed by atoms with Crippen LogP contribution in [0.1, 0.15) is 75.7 Å². The van der Waals surface area contributed by atoms with E-state index in [0.29, 0.717) is 32.1 Å². The molecule has 1 heterocycles. The van der Waals surface area contributed by atoms with Gasteiger partial charge in [-0.25, -0.2) is 0 Å². The third-order valence-electron chi connectivity index (χ3n) is 5.51. The zero-order chi connectivity index (χ0) is 21.9.